The van der Waals surface area contributed by atoms with E-state index in [0.29, 0.717) is 23.1 Å². The number of hydrogen-bond acceptors (Lipinski definition) is 3. The highest BCUT2D eigenvalue weighted by Gasteiger charge is 2.39. The summed E-state index contributed by atoms with van der Waals surface area (Å²) in [6.07, 6.45) is 3.80. The molecule has 0 fully saturated rings. The molecule has 1 aliphatic heterocycles. The van der Waals surface area contributed by atoms with E-state index < -0.39 is 0 Å². The third kappa shape index (κ3) is 2.81. The minimum absolute atomic E-state index is 0.452. The second-order valence-electron chi connectivity index (χ2n) is 7.39. The molecule has 0 saturated carbocycles. The molecule has 1 aromatic rings. The van der Waals surface area contributed by atoms with Gasteiger partial charge in [0.15, 0.2) is 0 Å². The zero-order chi connectivity index (χ0) is 15.9. The molecule has 0 spiro atoms. The highest BCUT2D eigenvalue weighted by molar-refractivity contribution is 8.03. The maximum atomic E-state index is 5.98. The first-order valence-corrected chi connectivity index (χ1v) is 9.08. The van der Waals surface area contributed by atoms with Crippen molar-refractivity contribution >= 4 is 11.8 Å². The van der Waals surface area contributed by atoms with Crippen molar-refractivity contribution in [2.24, 2.45) is 17.1 Å². The van der Waals surface area contributed by atoms with Crippen molar-refractivity contribution in [2.75, 3.05) is 7.11 Å². The fourth-order valence-corrected chi connectivity index (χ4v) is 5.44. The zero-order valence-electron chi connectivity index (χ0n) is 14.1. The molecule has 2 N–H and O–H groups in total. The van der Waals surface area contributed by atoms with Crippen molar-refractivity contribution < 1.29 is 4.74 Å². The zero-order valence-corrected chi connectivity index (χ0v) is 14.9. The Morgan fingerprint density at radius 2 is 2.14 bits per heavy atom. The number of allylic oxidation sites excluding steroid dienone is 2. The van der Waals surface area contributed by atoms with E-state index in [4.69, 9.17) is 10.5 Å². The minimum Gasteiger partial charge on any atom is -0.497 e. The Balaban J connectivity index is 1.92. The van der Waals surface area contributed by atoms with Crippen LogP contribution in [0.2, 0.25) is 0 Å². The largest absolute Gasteiger partial charge is 0.497 e. The van der Waals surface area contributed by atoms with Crippen LogP contribution in [-0.2, 0) is 6.54 Å². The third-order valence-corrected chi connectivity index (χ3v) is 6.88. The lowest BCUT2D eigenvalue weighted by Crippen LogP contribution is -2.19. The van der Waals surface area contributed by atoms with Crippen LogP contribution < -0.4 is 10.5 Å². The van der Waals surface area contributed by atoms with E-state index in [-0.39, 0.29) is 0 Å². The predicted molar refractivity (Wildman–Crippen MR) is 95.0 cm³/mol. The first-order valence-electron chi connectivity index (χ1n) is 8.20. The van der Waals surface area contributed by atoms with Crippen molar-refractivity contribution in [1.82, 2.24) is 0 Å². The normalized spacial score (nSPS) is 27.0. The Hall–Kier alpha value is -0.930. The fraction of sp³-hybridized carbons (Fsp3) is 0.579. The summed E-state index contributed by atoms with van der Waals surface area (Å²) < 4.78 is 5.44. The summed E-state index contributed by atoms with van der Waals surface area (Å²) in [4.78, 5) is 1.64. The van der Waals surface area contributed by atoms with Crippen molar-refractivity contribution in [3.8, 4) is 5.75 Å². The molecule has 0 saturated heterocycles. The average Bonchev–Trinajstić information content (AvgIpc) is 2.82. The Morgan fingerprint density at radius 1 is 1.36 bits per heavy atom. The van der Waals surface area contributed by atoms with Crippen LogP contribution in [0.1, 0.15) is 56.4 Å². The van der Waals surface area contributed by atoms with Gasteiger partial charge in [0.25, 0.3) is 0 Å². The van der Waals surface area contributed by atoms with Gasteiger partial charge >= 0.3 is 0 Å². The maximum absolute atomic E-state index is 5.98. The number of methoxy groups -OCH3 is 1. The molecular formula is C19H27NOS. The topological polar surface area (TPSA) is 35.2 Å². The van der Waals surface area contributed by atoms with Gasteiger partial charge in [0.2, 0.25) is 0 Å². The van der Waals surface area contributed by atoms with E-state index >= 15 is 0 Å². The average molecular weight is 317 g/mol. The molecule has 2 atom stereocenters. The lowest BCUT2D eigenvalue weighted by Gasteiger charge is -2.32. The molecule has 3 heteroatoms. The van der Waals surface area contributed by atoms with Crippen molar-refractivity contribution in [2.45, 2.75) is 51.8 Å². The summed E-state index contributed by atoms with van der Waals surface area (Å²) in [5.74, 6) is 1.53. The van der Waals surface area contributed by atoms with Gasteiger partial charge in [-0.3, -0.25) is 0 Å². The van der Waals surface area contributed by atoms with E-state index in [2.05, 4.69) is 44.7 Å². The molecule has 2 aliphatic rings. The van der Waals surface area contributed by atoms with Gasteiger partial charge in [0, 0.05) is 11.8 Å². The van der Waals surface area contributed by atoms with Crippen LogP contribution in [0.3, 0.4) is 0 Å². The monoisotopic (exact) mass is 317 g/mol. The molecule has 120 valence electrons. The second kappa shape index (κ2) is 5.93. The Morgan fingerprint density at radius 3 is 2.82 bits per heavy atom. The lowest BCUT2D eigenvalue weighted by molar-refractivity contribution is 0.307. The predicted octanol–water partition coefficient (Wildman–Crippen LogP) is 5.04. The van der Waals surface area contributed by atoms with Crippen LogP contribution in [0, 0.1) is 11.3 Å². The first-order chi connectivity index (χ1) is 10.4. The van der Waals surface area contributed by atoms with Crippen molar-refractivity contribution in [3.05, 3.63) is 39.8 Å². The number of ether oxygens (including phenoxy) is 1. The Labute approximate surface area is 138 Å². The van der Waals surface area contributed by atoms with Gasteiger partial charge in [-0.1, -0.05) is 32.4 Å². The van der Waals surface area contributed by atoms with Crippen molar-refractivity contribution in [1.29, 1.82) is 0 Å². The van der Waals surface area contributed by atoms with Gasteiger partial charge in [-0.25, -0.2) is 0 Å². The van der Waals surface area contributed by atoms with Crippen LogP contribution in [-0.4, -0.2) is 7.11 Å². The maximum Gasteiger partial charge on any atom is 0.119 e. The molecule has 3 rings (SSSR count). The van der Waals surface area contributed by atoms with Crippen LogP contribution >= 0.6 is 11.8 Å². The molecule has 1 aliphatic carbocycles. The lowest BCUT2D eigenvalue weighted by atomic mass is 9.73. The highest BCUT2D eigenvalue weighted by atomic mass is 32.2. The quantitative estimate of drug-likeness (QED) is 0.848. The van der Waals surface area contributed by atoms with Gasteiger partial charge in [0.05, 0.1) is 7.11 Å². The molecular weight excluding hydrogens is 290 g/mol. The van der Waals surface area contributed by atoms with Gasteiger partial charge in [-0.2, -0.15) is 0 Å². The number of hydrogen-bond donors (Lipinski definition) is 1. The summed E-state index contributed by atoms with van der Waals surface area (Å²) in [5.41, 5.74) is 10.7. The Kier molecular flexibility index (Phi) is 4.30. The summed E-state index contributed by atoms with van der Waals surface area (Å²) in [6, 6.07) is 6.34. The van der Waals surface area contributed by atoms with E-state index in [1.807, 2.05) is 6.07 Å². The van der Waals surface area contributed by atoms with Crippen LogP contribution in [0.25, 0.3) is 0 Å². The smallest absolute Gasteiger partial charge is 0.119 e. The molecule has 0 bridgehead atoms. The standard InChI is InChI=1S/C19H27NOS/c1-12-16-10-19(2,3)8-7-17(16)22-18(12)15-9-14(21-4)6-5-13(15)11-20/h5-6,9,12,18H,7-8,10-11,20H2,1-4H3. The van der Waals surface area contributed by atoms with Crippen LogP contribution in [0.15, 0.2) is 28.7 Å². The van der Waals surface area contributed by atoms with Gasteiger partial charge in [-0.05, 0) is 58.8 Å². The number of nitrogens with two attached hydrogens (primary N) is 1. The highest BCUT2D eigenvalue weighted by Crippen LogP contribution is 2.59. The molecule has 1 heterocycles. The van der Waals surface area contributed by atoms with Crippen molar-refractivity contribution in [3.63, 3.8) is 0 Å². The summed E-state index contributed by atoms with van der Waals surface area (Å²) in [5, 5.41) is 0.493. The minimum atomic E-state index is 0.452. The fourth-order valence-electron chi connectivity index (χ4n) is 3.79. The number of benzene rings is 1. The molecule has 0 aromatic heterocycles. The van der Waals surface area contributed by atoms with E-state index in [9.17, 15) is 0 Å². The third-order valence-electron chi connectivity index (χ3n) is 5.21. The molecule has 2 nitrogen and oxygen atoms in total. The Bertz CT molecular complexity index is 605. The molecule has 22 heavy (non-hydrogen) atoms. The number of rotatable bonds is 3. The summed E-state index contributed by atoms with van der Waals surface area (Å²) in [6.45, 7) is 7.79. The summed E-state index contributed by atoms with van der Waals surface area (Å²) in [7, 11) is 1.73. The van der Waals surface area contributed by atoms with E-state index in [1.165, 1.54) is 30.4 Å². The number of thioether (sulfide) groups is 1. The first kappa shape index (κ1) is 15.9. The second-order valence-corrected chi connectivity index (χ2v) is 8.62. The molecule has 1 aromatic carbocycles. The van der Waals surface area contributed by atoms with E-state index in [1.54, 1.807) is 17.6 Å². The van der Waals surface area contributed by atoms with Crippen LogP contribution in [0.4, 0.5) is 0 Å². The SMILES string of the molecule is COc1ccc(CN)c(C2SC3=C(CC(C)(C)CC3)C2C)c1. The molecule has 0 amide bonds. The molecule has 2 unspecified atom stereocenters. The van der Waals surface area contributed by atoms with Gasteiger partial charge in [-0.15, -0.1) is 11.8 Å². The van der Waals surface area contributed by atoms with Gasteiger partial charge in [0.1, 0.15) is 5.75 Å². The van der Waals surface area contributed by atoms with Crippen LogP contribution in [0.5, 0.6) is 5.75 Å². The molecule has 0 radical (unpaired) electrons. The van der Waals surface area contributed by atoms with Gasteiger partial charge < -0.3 is 10.5 Å². The summed E-state index contributed by atoms with van der Waals surface area (Å²) >= 11 is 2.07. The van der Waals surface area contributed by atoms with E-state index in [0.717, 1.165) is 5.75 Å².